The molecule has 1 aliphatic carbocycles. The number of nitrogens with one attached hydrogen (secondary N) is 2. The monoisotopic (exact) mass is 472 g/mol. The summed E-state index contributed by atoms with van der Waals surface area (Å²) in [5.41, 5.74) is 8.08. The molecule has 1 amide bonds. The van der Waals surface area contributed by atoms with Gasteiger partial charge >= 0.3 is 0 Å². The molecule has 0 fully saturated rings. The summed E-state index contributed by atoms with van der Waals surface area (Å²) in [6.45, 7) is 6.86. The second kappa shape index (κ2) is 8.72. The van der Waals surface area contributed by atoms with Gasteiger partial charge in [-0.25, -0.2) is 9.55 Å². The largest absolute Gasteiger partial charge is 0.269 e. The number of aromatic nitrogens is 2. The number of fused-ring (bicyclic) bond motifs is 3. The topological polar surface area (TPSA) is 76.0 Å². The van der Waals surface area contributed by atoms with E-state index in [1.165, 1.54) is 4.88 Å². The summed E-state index contributed by atoms with van der Waals surface area (Å²) in [5.74, 6) is 0.569. The third-order valence-electron chi connectivity index (χ3n) is 6.65. The van der Waals surface area contributed by atoms with Crippen LogP contribution in [0.5, 0.6) is 0 Å². The van der Waals surface area contributed by atoms with E-state index in [4.69, 9.17) is 4.98 Å². The molecule has 34 heavy (non-hydrogen) atoms. The zero-order valence-electron chi connectivity index (χ0n) is 19.6. The number of carbonyl (C=O) groups is 1. The molecule has 2 heterocycles. The van der Waals surface area contributed by atoms with Crippen molar-refractivity contribution in [3.05, 3.63) is 87.0 Å². The normalized spacial score (nSPS) is 15.7. The number of thiophene rings is 1. The molecule has 0 aliphatic heterocycles. The van der Waals surface area contributed by atoms with Crippen molar-refractivity contribution < 1.29 is 4.79 Å². The Morgan fingerprint density at radius 3 is 2.41 bits per heavy atom. The van der Waals surface area contributed by atoms with Crippen LogP contribution in [0.15, 0.2) is 65.5 Å². The van der Waals surface area contributed by atoms with E-state index in [1.807, 2.05) is 36.4 Å². The highest BCUT2D eigenvalue weighted by molar-refractivity contribution is 7.18. The Hall–Kier alpha value is -3.45. The fourth-order valence-corrected chi connectivity index (χ4v) is 5.93. The molecule has 0 radical (unpaired) electrons. The van der Waals surface area contributed by atoms with Gasteiger partial charge in [-0.1, -0.05) is 57.2 Å². The van der Waals surface area contributed by atoms with Gasteiger partial charge in [0.1, 0.15) is 4.83 Å². The van der Waals surface area contributed by atoms with Gasteiger partial charge in [0.2, 0.25) is 5.95 Å². The van der Waals surface area contributed by atoms with Crippen molar-refractivity contribution in [3.63, 3.8) is 0 Å². The van der Waals surface area contributed by atoms with E-state index in [9.17, 15) is 9.59 Å². The molecular formula is C27H28N4O2S. The molecule has 0 saturated carbocycles. The number of rotatable bonds is 4. The summed E-state index contributed by atoms with van der Waals surface area (Å²) in [7, 11) is 0. The first-order valence-corrected chi connectivity index (χ1v) is 12.4. The van der Waals surface area contributed by atoms with Crippen LogP contribution >= 0.6 is 11.3 Å². The Bertz CT molecular complexity index is 1400. The number of para-hydroxylation sites is 1. The molecule has 1 aliphatic rings. The van der Waals surface area contributed by atoms with E-state index in [-0.39, 0.29) is 16.9 Å². The van der Waals surface area contributed by atoms with Crippen molar-refractivity contribution >= 4 is 33.4 Å². The highest BCUT2D eigenvalue weighted by Crippen LogP contribution is 2.42. The SMILES string of the molecule is CC(C)(C)[C@@H]1CCc2c(sc3nc(NNC(=O)c4ccccc4)n(-c4ccccc4)c(=O)c23)C1. The lowest BCUT2D eigenvalue weighted by Gasteiger charge is -2.33. The molecule has 6 nitrogen and oxygen atoms in total. The van der Waals surface area contributed by atoms with Gasteiger partial charge in [0, 0.05) is 10.4 Å². The van der Waals surface area contributed by atoms with E-state index in [2.05, 4.69) is 31.6 Å². The number of hydrogen-bond acceptors (Lipinski definition) is 5. The van der Waals surface area contributed by atoms with Gasteiger partial charge < -0.3 is 0 Å². The van der Waals surface area contributed by atoms with Crippen molar-refractivity contribution in [2.75, 3.05) is 5.43 Å². The fraction of sp³-hybridized carbons (Fsp3) is 0.296. The van der Waals surface area contributed by atoms with Crippen LogP contribution < -0.4 is 16.4 Å². The second-order valence-corrected chi connectivity index (χ2v) is 10.9. The van der Waals surface area contributed by atoms with E-state index in [1.54, 1.807) is 40.2 Å². The van der Waals surface area contributed by atoms with E-state index < -0.39 is 0 Å². The van der Waals surface area contributed by atoms with E-state index in [0.717, 1.165) is 24.8 Å². The Morgan fingerprint density at radius 1 is 1.06 bits per heavy atom. The lowest BCUT2D eigenvalue weighted by molar-refractivity contribution is 0.0962. The van der Waals surface area contributed by atoms with Gasteiger partial charge in [0.25, 0.3) is 11.5 Å². The van der Waals surface area contributed by atoms with Crippen LogP contribution in [0.1, 0.15) is 48.0 Å². The highest BCUT2D eigenvalue weighted by Gasteiger charge is 2.32. The van der Waals surface area contributed by atoms with Crippen LogP contribution in [0.2, 0.25) is 0 Å². The molecular weight excluding hydrogens is 444 g/mol. The van der Waals surface area contributed by atoms with Crippen molar-refractivity contribution in [1.82, 2.24) is 15.0 Å². The lowest BCUT2D eigenvalue weighted by Crippen LogP contribution is -2.34. The van der Waals surface area contributed by atoms with Crippen LogP contribution in [0.3, 0.4) is 0 Å². The van der Waals surface area contributed by atoms with Gasteiger partial charge in [-0.2, -0.15) is 0 Å². The molecule has 7 heteroatoms. The molecule has 0 bridgehead atoms. The average molecular weight is 473 g/mol. The Morgan fingerprint density at radius 2 is 1.74 bits per heavy atom. The maximum atomic E-state index is 13.9. The number of hydrazine groups is 1. The molecule has 0 spiro atoms. The minimum atomic E-state index is -0.298. The quantitative estimate of drug-likeness (QED) is 0.392. The summed E-state index contributed by atoms with van der Waals surface area (Å²) >= 11 is 1.61. The maximum Gasteiger partial charge on any atom is 0.269 e. The molecule has 0 unspecified atom stereocenters. The number of anilines is 1. The highest BCUT2D eigenvalue weighted by atomic mass is 32.1. The summed E-state index contributed by atoms with van der Waals surface area (Å²) in [4.78, 5) is 33.3. The minimum absolute atomic E-state index is 0.112. The number of amides is 1. The van der Waals surface area contributed by atoms with Gasteiger partial charge in [-0.15, -0.1) is 11.3 Å². The number of nitrogens with zero attached hydrogens (tertiary/aromatic N) is 2. The summed E-state index contributed by atoms with van der Waals surface area (Å²) in [6.07, 6.45) is 2.93. The molecule has 4 aromatic rings. The summed E-state index contributed by atoms with van der Waals surface area (Å²) in [5, 5.41) is 0.705. The first kappa shape index (κ1) is 22.3. The van der Waals surface area contributed by atoms with Crippen LogP contribution in [-0.4, -0.2) is 15.5 Å². The smallest absolute Gasteiger partial charge is 0.268 e. The van der Waals surface area contributed by atoms with Crippen molar-refractivity contribution in [2.45, 2.75) is 40.0 Å². The van der Waals surface area contributed by atoms with Crippen molar-refractivity contribution in [1.29, 1.82) is 0 Å². The first-order chi connectivity index (χ1) is 16.3. The molecule has 2 aromatic carbocycles. The molecule has 5 rings (SSSR count). The van der Waals surface area contributed by atoms with Crippen molar-refractivity contribution in [2.24, 2.45) is 11.3 Å². The number of hydrogen-bond donors (Lipinski definition) is 2. The Kier molecular flexibility index (Phi) is 5.73. The third kappa shape index (κ3) is 4.12. The standard InChI is InChI=1S/C27H28N4O2S/c1-27(2,3)18-14-15-20-21(16-18)34-24-22(20)25(33)31(19-12-8-5-9-13-19)26(28-24)30-29-23(32)17-10-6-4-7-11-17/h4-13,18H,14-16H2,1-3H3,(H,28,30)(H,29,32)/t18-/m1/s1. The maximum absolute atomic E-state index is 13.9. The van der Waals surface area contributed by atoms with Gasteiger partial charge in [0.15, 0.2) is 0 Å². The van der Waals surface area contributed by atoms with Gasteiger partial charge in [-0.3, -0.25) is 20.4 Å². The van der Waals surface area contributed by atoms with Crippen LogP contribution in [0, 0.1) is 11.3 Å². The Balaban J connectivity index is 1.59. The van der Waals surface area contributed by atoms with Gasteiger partial charge in [0.05, 0.1) is 11.1 Å². The number of benzene rings is 2. The second-order valence-electron chi connectivity index (χ2n) is 9.85. The van der Waals surface area contributed by atoms with Crippen LogP contribution in [0.25, 0.3) is 15.9 Å². The molecule has 174 valence electrons. The first-order valence-electron chi connectivity index (χ1n) is 11.6. The molecule has 2 N–H and O–H groups in total. The van der Waals surface area contributed by atoms with E-state index in [0.29, 0.717) is 33.3 Å². The average Bonchev–Trinajstić information content (AvgIpc) is 3.21. The molecule has 2 aromatic heterocycles. The lowest BCUT2D eigenvalue weighted by atomic mass is 9.72. The summed E-state index contributed by atoms with van der Waals surface area (Å²) < 4.78 is 1.55. The van der Waals surface area contributed by atoms with Crippen LogP contribution in [0.4, 0.5) is 5.95 Å². The fourth-order valence-electron chi connectivity index (χ4n) is 4.64. The predicted octanol–water partition coefficient (Wildman–Crippen LogP) is 5.36. The van der Waals surface area contributed by atoms with Gasteiger partial charge in [-0.05, 0) is 60.4 Å². The zero-order chi connectivity index (χ0) is 23.9. The predicted molar refractivity (Wildman–Crippen MR) is 138 cm³/mol. The van der Waals surface area contributed by atoms with Crippen molar-refractivity contribution in [3.8, 4) is 5.69 Å². The third-order valence-corrected chi connectivity index (χ3v) is 7.79. The zero-order valence-corrected chi connectivity index (χ0v) is 20.4. The molecule has 1 atom stereocenters. The number of carbonyl (C=O) groups excluding carboxylic acids is 1. The number of aryl methyl sites for hydroxylation is 1. The Labute approximate surface area is 202 Å². The summed E-state index contributed by atoms with van der Waals surface area (Å²) in [6, 6.07) is 18.3. The van der Waals surface area contributed by atoms with E-state index >= 15 is 0 Å². The van der Waals surface area contributed by atoms with Crippen LogP contribution in [-0.2, 0) is 12.8 Å². The molecule has 0 saturated heterocycles. The minimum Gasteiger partial charge on any atom is -0.268 e.